The molecule has 0 amide bonds. The van der Waals surface area contributed by atoms with Crippen molar-refractivity contribution in [3.05, 3.63) is 163 Å². The molecule has 0 fully saturated rings. The maximum atomic E-state index is 2.56. The maximum absolute atomic E-state index is 2.56. The highest BCUT2D eigenvalue weighted by Gasteiger charge is 2.39. The predicted molar refractivity (Wildman–Crippen MR) is 192 cm³/mol. The molecule has 45 heavy (non-hydrogen) atoms. The number of benzene rings is 6. The lowest BCUT2D eigenvalue weighted by atomic mass is 9.90. The second kappa shape index (κ2) is 9.56. The van der Waals surface area contributed by atoms with Crippen molar-refractivity contribution in [1.29, 1.82) is 0 Å². The van der Waals surface area contributed by atoms with Crippen molar-refractivity contribution in [2.45, 2.75) is 12.0 Å². The first-order valence-electron chi connectivity index (χ1n) is 15.6. The highest BCUT2D eigenvalue weighted by atomic mass is 32.1. The van der Waals surface area contributed by atoms with E-state index in [1.165, 1.54) is 75.7 Å². The maximum Gasteiger partial charge on any atom is 0.0629 e. The van der Waals surface area contributed by atoms with E-state index in [9.17, 15) is 0 Å². The minimum absolute atomic E-state index is 0.243. The first-order valence-corrected chi connectivity index (χ1v) is 16.4. The Hall–Kier alpha value is -5.38. The highest BCUT2D eigenvalue weighted by Crippen LogP contribution is 2.53. The van der Waals surface area contributed by atoms with Gasteiger partial charge in [0.05, 0.1) is 22.8 Å². The second-order valence-electron chi connectivity index (χ2n) is 12.1. The van der Waals surface area contributed by atoms with E-state index in [1.807, 2.05) is 11.3 Å². The van der Waals surface area contributed by atoms with Gasteiger partial charge in [0.2, 0.25) is 0 Å². The van der Waals surface area contributed by atoms with Crippen LogP contribution >= 0.6 is 11.3 Å². The third-order valence-corrected chi connectivity index (χ3v) is 10.9. The fraction of sp³-hybridized carbons (Fsp3) is 0.0476. The van der Waals surface area contributed by atoms with Crippen LogP contribution in [0.5, 0.6) is 0 Å². The zero-order valence-electron chi connectivity index (χ0n) is 24.5. The molecule has 1 aliphatic carbocycles. The van der Waals surface area contributed by atoms with Crippen LogP contribution in [-0.2, 0) is 0 Å². The molecule has 8 aromatic rings. The molecule has 0 N–H and O–H groups in total. The Morgan fingerprint density at radius 2 is 1.24 bits per heavy atom. The quantitative estimate of drug-likeness (QED) is 0.198. The van der Waals surface area contributed by atoms with E-state index >= 15 is 0 Å². The molecule has 212 valence electrons. The van der Waals surface area contributed by atoms with Gasteiger partial charge in [0.15, 0.2) is 0 Å². The molecule has 3 heterocycles. The van der Waals surface area contributed by atoms with Crippen LogP contribution in [0.15, 0.2) is 158 Å². The Labute approximate surface area is 265 Å². The van der Waals surface area contributed by atoms with E-state index in [0.29, 0.717) is 5.92 Å². The van der Waals surface area contributed by atoms with Crippen LogP contribution in [0.1, 0.15) is 11.5 Å². The molecule has 2 unspecified atom stereocenters. The van der Waals surface area contributed by atoms with Gasteiger partial charge in [0, 0.05) is 59.4 Å². The van der Waals surface area contributed by atoms with Crippen LogP contribution in [0, 0.1) is 0 Å². The summed E-state index contributed by atoms with van der Waals surface area (Å²) in [5, 5.41) is 5.19. The molecule has 6 aromatic carbocycles. The Morgan fingerprint density at radius 1 is 0.511 bits per heavy atom. The minimum atomic E-state index is 0.243. The summed E-state index contributed by atoms with van der Waals surface area (Å²) in [6.07, 6.45) is 9.13. The molecule has 0 radical (unpaired) electrons. The van der Waals surface area contributed by atoms with Gasteiger partial charge in [-0.05, 0) is 48.0 Å². The summed E-state index contributed by atoms with van der Waals surface area (Å²) in [5.41, 5.74) is 10.1. The third-order valence-electron chi connectivity index (χ3n) is 9.71. The van der Waals surface area contributed by atoms with Crippen LogP contribution in [0.25, 0.3) is 58.8 Å². The van der Waals surface area contributed by atoms with Gasteiger partial charge in [0.25, 0.3) is 0 Å². The zero-order chi connectivity index (χ0) is 29.5. The van der Waals surface area contributed by atoms with Gasteiger partial charge in [-0.3, -0.25) is 0 Å². The number of thiophene rings is 1. The van der Waals surface area contributed by atoms with Crippen molar-refractivity contribution in [2.75, 3.05) is 4.90 Å². The van der Waals surface area contributed by atoms with Crippen LogP contribution in [0.2, 0.25) is 0 Å². The van der Waals surface area contributed by atoms with Crippen LogP contribution < -0.4 is 4.90 Å². The van der Waals surface area contributed by atoms with E-state index in [0.717, 1.165) is 0 Å². The van der Waals surface area contributed by atoms with E-state index in [1.54, 1.807) is 0 Å². The van der Waals surface area contributed by atoms with Crippen molar-refractivity contribution < 1.29 is 0 Å². The van der Waals surface area contributed by atoms with Gasteiger partial charge in [-0.2, -0.15) is 0 Å². The Bertz CT molecular complexity index is 2510. The van der Waals surface area contributed by atoms with Crippen molar-refractivity contribution in [1.82, 2.24) is 4.57 Å². The van der Waals surface area contributed by atoms with Gasteiger partial charge in [0.1, 0.15) is 0 Å². The molecule has 2 nitrogen and oxygen atoms in total. The van der Waals surface area contributed by atoms with Gasteiger partial charge in [-0.25, -0.2) is 0 Å². The van der Waals surface area contributed by atoms with Gasteiger partial charge < -0.3 is 9.47 Å². The Kier molecular flexibility index (Phi) is 5.31. The van der Waals surface area contributed by atoms with Gasteiger partial charge in [-0.15, -0.1) is 11.3 Å². The molecule has 10 rings (SSSR count). The van der Waals surface area contributed by atoms with Crippen LogP contribution in [0.4, 0.5) is 11.4 Å². The molecule has 0 bridgehead atoms. The molecular weight excluding hydrogens is 565 g/mol. The molecule has 2 aliphatic rings. The van der Waals surface area contributed by atoms with Gasteiger partial charge in [-0.1, -0.05) is 115 Å². The number of anilines is 2. The monoisotopic (exact) mass is 592 g/mol. The number of para-hydroxylation sites is 4. The molecule has 2 aromatic heterocycles. The Balaban J connectivity index is 1.29. The first-order chi connectivity index (χ1) is 22.3. The average Bonchev–Trinajstić information content (AvgIpc) is 3.76. The zero-order valence-corrected chi connectivity index (χ0v) is 25.3. The summed E-state index contributed by atoms with van der Waals surface area (Å²) in [5.74, 6) is 0.310. The standard InChI is InChI=1S/C42H28N2S/c1-2-12-27(13-3-1)43-37-21-7-4-14-29(37)32-17-10-19-34(41(32)43)35-20-11-18-33-30-15-5-8-22-38(30)44(42(33)35)28-24-25-40-36(26-28)31-16-6-9-23-39(31)45-40/h1-26,29,37H. The number of hydrogen-bond donors (Lipinski definition) is 0. The van der Waals surface area contributed by atoms with Crippen LogP contribution in [-0.4, -0.2) is 10.6 Å². The van der Waals surface area contributed by atoms with E-state index < -0.39 is 0 Å². The molecule has 3 heteroatoms. The fourth-order valence-corrected chi connectivity index (χ4v) is 8.93. The second-order valence-corrected chi connectivity index (χ2v) is 13.2. The molecular formula is C42H28N2S. The van der Waals surface area contributed by atoms with Gasteiger partial charge >= 0.3 is 0 Å². The molecule has 2 atom stereocenters. The summed E-state index contributed by atoms with van der Waals surface area (Å²) in [7, 11) is 0. The lowest BCUT2D eigenvalue weighted by Crippen LogP contribution is -2.28. The highest BCUT2D eigenvalue weighted by molar-refractivity contribution is 7.25. The number of allylic oxidation sites excluding steroid dienone is 2. The van der Waals surface area contributed by atoms with Crippen molar-refractivity contribution in [2.24, 2.45) is 0 Å². The van der Waals surface area contributed by atoms with Crippen molar-refractivity contribution in [3.63, 3.8) is 0 Å². The molecule has 0 spiro atoms. The average molecular weight is 593 g/mol. The number of aromatic nitrogens is 1. The SMILES string of the molecule is C1=CC2c3cccc(-c4cccc5c6ccccc6n(-c6ccc7sc8ccccc8c7c6)c45)c3N(c3ccccc3)C2C=C1. The lowest BCUT2D eigenvalue weighted by molar-refractivity contribution is 0.745. The largest absolute Gasteiger partial charge is 0.333 e. The number of nitrogens with zero attached hydrogens (tertiary/aromatic N) is 2. The molecule has 1 aliphatic heterocycles. The van der Waals surface area contributed by atoms with Crippen LogP contribution in [0.3, 0.4) is 0 Å². The summed E-state index contributed by atoms with van der Waals surface area (Å²) >= 11 is 1.87. The van der Waals surface area contributed by atoms with E-state index in [2.05, 4.69) is 167 Å². The topological polar surface area (TPSA) is 8.17 Å². The summed E-state index contributed by atoms with van der Waals surface area (Å²) in [6, 6.07) is 49.5. The minimum Gasteiger partial charge on any atom is -0.333 e. The molecule has 0 saturated carbocycles. The number of fused-ring (bicyclic) bond motifs is 9. The van der Waals surface area contributed by atoms with Crippen molar-refractivity contribution in [3.8, 4) is 16.8 Å². The summed E-state index contributed by atoms with van der Waals surface area (Å²) in [4.78, 5) is 2.56. The Morgan fingerprint density at radius 3 is 2.18 bits per heavy atom. The fourth-order valence-electron chi connectivity index (χ4n) is 7.84. The predicted octanol–water partition coefficient (Wildman–Crippen LogP) is 11.5. The molecule has 0 saturated heterocycles. The number of rotatable bonds is 3. The van der Waals surface area contributed by atoms with Crippen molar-refractivity contribution >= 4 is 64.7 Å². The normalized spacial score (nSPS) is 17.1. The first kappa shape index (κ1) is 25.0. The number of hydrogen-bond acceptors (Lipinski definition) is 2. The third kappa shape index (κ3) is 3.56. The van der Waals surface area contributed by atoms with E-state index in [-0.39, 0.29) is 6.04 Å². The van der Waals surface area contributed by atoms with E-state index in [4.69, 9.17) is 0 Å². The summed E-state index contributed by atoms with van der Waals surface area (Å²) < 4.78 is 5.15. The smallest absolute Gasteiger partial charge is 0.0629 e. The summed E-state index contributed by atoms with van der Waals surface area (Å²) in [6.45, 7) is 0. The lowest BCUT2D eigenvalue weighted by Gasteiger charge is -2.30.